The van der Waals surface area contributed by atoms with Crippen molar-refractivity contribution in [1.29, 1.82) is 0 Å². The number of nitrogens with one attached hydrogen (secondary N) is 3. The molecule has 4 N–H and O–H groups in total. The molecule has 4 atom stereocenters. The van der Waals surface area contributed by atoms with Crippen molar-refractivity contribution < 1.29 is 32.6 Å². The molecule has 2 aromatic rings. The van der Waals surface area contributed by atoms with Crippen molar-refractivity contribution in [3.8, 4) is 0 Å². The zero-order valence-electron chi connectivity index (χ0n) is 25.4. The van der Waals surface area contributed by atoms with Crippen LogP contribution in [0.4, 0.5) is 5.82 Å². The van der Waals surface area contributed by atoms with Crippen LogP contribution in [0.5, 0.6) is 0 Å². The first-order valence-electron chi connectivity index (χ1n) is 14.5. The number of likely N-dealkylation sites (tertiary alicyclic amines) is 1. The third-order valence-corrected chi connectivity index (χ3v) is 9.18. The Morgan fingerprint density at radius 1 is 1.16 bits per heavy atom. The maximum absolute atomic E-state index is 13.2. The number of aromatic nitrogens is 1. The predicted molar refractivity (Wildman–Crippen MR) is 162 cm³/mol. The van der Waals surface area contributed by atoms with Crippen molar-refractivity contribution in [1.82, 2.24) is 19.9 Å². The monoisotopic (exact) mass is 617 g/mol. The van der Waals surface area contributed by atoms with E-state index in [9.17, 15) is 27.9 Å². The summed E-state index contributed by atoms with van der Waals surface area (Å²) in [6, 6.07) is 7.18. The molecule has 0 saturated carbocycles. The smallest absolute Gasteiger partial charge is 0.323 e. The highest BCUT2D eigenvalue weighted by molar-refractivity contribution is 7.89. The molecule has 2 heterocycles. The Morgan fingerprint density at radius 3 is 2.47 bits per heavy atom. The number of ether oxygens (including phenoxy) is 1. The highest BCUT2D eigenvalue weighted by Gasteiger charge is 2.37. The van der Waals surface area contributed by atoms with Crippen LogP contribution in [0.25, 0.3) is 0 Å². The second-order valence-corrected chi connectivity index (χ2v) is 12.8. The maximum Gasteiger partial charge on any atom is 0.323 e. The summed E-state index contributed by atoms with van der Waals surface area (Å²) in [5, 5.41) is 15.4. The van der Waals surface area contributed by atoms with E-state index < -0.39 is 40.6 Å². The molecule has 0 spiro atoms. The van der Waals surface area contributed by atoms with E-state index in [1.807, 2.05) is 39.0 Å². The van der Waals surface area contributed by atoms with Gasteiger partial charge in [0.25, 0.3) is 0 Å². The molecule has 3 rings (SSSR count). The predicted octanol–water partition coefficient (Wildman–Crippen LogP) is 2.39. The van der Waals surface area contributed by atoms with Gasteiger partial charge in [0, 0.05) is 31.7 Å². The maximum atomic E-state index is 13.2. The van der Waals surface area contributed by atoms with Gasteiger partial charge in [-0.25, -0.2) is 13.4 Å². The van der Waals surface area contributed by atoms with Gasteiger partial charge in [0.1, 0.15) is 18.5 Å². The van der Waals surface area contributed by atoms with Gasteiger partial charge in [-0.3, -0.25) is 14.4 Å². The molecule has 0 aliphatic carbocycles. The standard InChI is InChI=1S/C30H43N5O7S/c1-6-9-20(3)29(37)35-17-24(14-23(35)15-32-26-10-7-8-11-31-26)42-18-27(36)33-16-25(30(38)39)34-43(40,41)28-21(4)12-19(2)13-22(28)5/h7-8,10-13,20,23-25,34H,6,9,14-18H2,1-5H3,(H,31,32)(H,33,36)(H,38,39)/t20?,23-,24+,25-/m0/s1. The minimum absolute atomic E-state index is 0.0136. The van der Waals surface area contributed by atoms with E-state index in [0.29, 0.717) is 36.5 Å². The van der Waals surface area contributed by atoms with Gasteiger partial charge in [0.15, 0.2) is 0 Å². The first-order valence-corrected chi connectivity index (χ1v) is 16.0. The lowest BCUT2D eigenvalue weighted by atomic mass is 10.0. The Bertz CT molecular complexity index is 1360. The first kappa shape index (κ1) is 33.9. The fourth-order valence-corrected chi connectivity index (χ4v) is 7.11. The van der Waals surface area contributed by atoms with E-state index in [4.69, 9.17) is 4.74 Å². The van der Waals surface area contributed by atoms with Crippen LogP contribution < -0.4 is 15.4 Å². The number of carboxylic acid groups (broad SMARTS) is 1. The van der Waals surface area contributed by atoms with E-state index in [0.717, 1.165) is 18.4 Å². The molecule has 1 aromatic heterocycles. The van der Waals surface area contributed by atoms with E-state index in [1.165, 1.54) is 0 Å². The van der Waals surface area contributed by atoms with Gasteiger partial charge < -0.3 is 25.4 Å². The second-order valence-electron chi connectivity index (χ2n) is 11.1. The molecule has 1 fully saturated rings. The van der Waals surface area contributed by atoms with Crippen molar-refractivity contribution in [2.45, 2.75) is 77.0 Å². The van der Waals surface area contributed by atoms with Crippen LogP contribution in [0.15, 0.2) is 41.4 Å². The highest BCUT2D eigenvalue weighted by Crippen LogP contribution is 2.25. The van der Waals surface area contributed by atoms with Crippen molar-refractivity contribution in [2.24, 2.45) is 5.92 Å². The van der Waals surface area contributed by atoms with Crippen LogP contribution >= 0.6 is 0 Å². The summed E-state index contributed by atoms with van der Waals surface area (Å²) >= 11 is 0. The number of rotatable bonds is 15. The fraction of sp³-hybridized carbons (Fsp3) is 0.533. The Morgan fingerprint density at radius 2 is 1.86 bits per heavy atom. The van der Waals surface area contributed by atoms with Gasteiger partial charge in [0.05, 0.1) is 17.0 Å². The Kier molecular flexibility index (Phi) is 12.0. The Balaban J connectivity index is 1.58. The lowest BCUT2D eigenvalue weighted by molar-refractivity contribution is -0.139. The van der Waals surface area contributed by atoms with Crippen LogP contribution in [-0.2, 0) is 29.1 Å². The summed E-state index contributed by atoms with van der Waals surface area (Å²) in [7, 11) is -4.17. The molecular weight excluding hydrogens is 574 g/mol. The molecule has 1 aliphatic heterocycles. The van der Waals surface area contributed by atoms with Crippen LogP contribution in [-0.4, -0.2) is 85.6 Å². The molecule has 1 unspecified atom stereocenters. The third-order valence-electron chi connectivity index (χ3n) is 7.41. The largest absolute Gasteiger partial charge is 0.480 e. The molecule has 13 heteroatoms. The number of anilines is 1. The zero-order valence-corrected chi connectivity index (χ0v) is 26.2. The second kappa shape index (κ2) is 15.3. The first-order chi connectivity index (χ1) is 20.3. The van der Waals surface area contributed by atoms with Crippen LogP contribution in [0.3, 0.4) is 0 Å². The number of aryl methyl sites for hydroxylation is 3. The molecule has 236 valence electrons. The van der Waals surface area contributed by atoms with E-state index in [-0.39, 0.29) is 29.4 Å². The summed E-state index contributed by atoms with van der Waals surface area (Å²) in [5.41, 5.74) is 1.87. The van der Waals surface area contributed by atoms with Gasteiger partial charge in [-0.1, -0.05) is 44.0 Å². The number of amides is 2. The molecule has 1 aliphatic rings. The molecule has 1 aromatic carbocycles. The molecule has 43 heavy (non-hydrogen) atoms. The summed E-state index contributed by atoms with van der Waals surface area (Å²) in [4.78, 5) is 43.7. The summed E-state index contributed by atoms with van der Waals surface area (Å²) < 4.78 is 34.1. The number of benzene rings is 1. The van der Waals surface area contributed by atoms with E-state index >= 15 is 0 Å². The minimum Gasteiger partial charge on any atom is -0.480 e. The number of sulfonamides is 1. The highest BCUT2D eigenvalue weighted by atomic mass is 32.2. The average Bonchev–Trinajstić information content (AvgIpc) is 3.35. The third kappa shape index (κ3) is 9.47. The number of hydrogen-bond acceptors (Lipinski definition) is 8. The number of hydrogen-bond donors (Lipinski definition) is 4. The van der Waals surface area contributed by atoms with E-state index in [2.05, 4.69) is 20.3 Å². The van der Waals surface area contributed by atoms with Crippen molar-refractivity contribution in [2.75, 3.05) is 31.6 Å². The number of carboxylic acids is 1. The molecular formula is C30H43N5O7S. The number of carbonyl (C=O) groups is 3. The average molecular weight is 618 g/mol. The molecule has 2 amide bonds. The van der Waals surface area contributed by atoms with Gasteiger partial charge in [-0.2, -0.15) is 4.72 Å². The van der Waals surface area contributed by atoms with Crippen LogP contribution in [0, 0.1) is 26.7 Å². The molecule has 12 nitrogen and oxygen atoms in total. The minimum atomic E-state index is -4.17. The fourth-order valence-electron chi connectivity index (χ4n) is 5.46. The number of pyridine rings is 1. The van der Waals surface area contributed by atoms with Crippen molar-refractivity contribution in [3.63, 3.8) is 0 Å². The molecule has 0 radical (unpaired) electrons. The number of nitrogens with zero attached hydrogens (tertiary/aromatic N) is 2. The topological polar surface area (TPSA) is 167 Å². The zero-order chi connectivity index (χ0) is 31.7. The summed E-state index contributed by atoms with van der Waals surface area (Å²) in [6.07, 6.45) is 3.43. The SMILES string of the molecule is CCCC(C)C(=O)N1C[C@H](OCC(=O)NC[C@H](NS(=O)(=O)c2c(C)cc(C)cc2C)C(=O)O)C[C@H]1CNc1ccccn1. The van der Waals surface area contributed by atoms with Gasteiger partial charge in [0.2, 0.25) is 21.8 Å². The van der Waals surface area contributed by atoms with Gasteiger partial charge in [-0.15, -0.1) is 0 Å². The quantitative estimate of drug-likeness (QED) is 0.235. The van der Waals surface area contributed by atoms with Gasteiger partial charge >= 0.3 is 5.97 Å². The van der Waals surface area contributed by atoms with E-state index in [1.54, 1.807) is 37.1 Å². The van der Waals surface area contributed by atoms with Crippen LogP contribution in [0.2, 0.25) is 0 Å². The lowest BCUT2D eigenvalue weighted by Crippen LogP contribution is -2.49. The van der Waals surface area contributed by atoms with Crippen LogP contribution in [0.1, 0.15) is 49.8 Å². The normalized spacial score (nSPS) is 18.2. The summed E-state index contributed by atoms with van der Waals surface area (Å²) in [6.45, 7) is 9.02. The Labute approximate surface area is 253 Å². The number of aliphatic carboxylic acids is 1. The van der Waals surface area contributed by atoms with Crippen molar-refractivity contribution in [3.05, 3.63) is 53.2 Å². The molecule has 1 saturated heterocycles. The van der Waals surface area contributed by atoms with Crippen molar-refractivity contribution >= 4 is 33.6 Å². The molecule has 0 bridgehead atoms. The number of carbonyl (C=O) groups excluding carboxylic acids is 2. The Hall–Kier alpha value is -3.55. The van der Waals surface area contributed by atoms with Gasteiger partial charge in [-0.05, 0) is 56.9 Å². The lowest BCUT2D eigenvalue weighted by Gasteiger charge is -2.27. The summed E-state index contributed by atoms with van der Waals surface area (Å²) in [5.74, 6) is -1.45.